The molecule has 0 aliphatic heterocycles. The van der Waals surface area contributed by atoms with Gasteiger partial charge in [0.1, 0.15) is 4.88 Å². The summed E-state index contributed by atoms with van der Waals surface area (Å²) in [7, 11) is 0.913. The van der Waals surface area contributed by atoms with E-state index < -0.39 is 68.8 Å². The zero-order chi connectivity index (χ0) is 32.5. The highest BCUT2D eigenvalue weighted by atomic mass is 35.5. The van der Waals surface area contributed by atoms with E-state index in [9.17, 15) is 53.9 Å². The number of nitrogens with zero attached hydrogens (tertiary/aromatic N) is 3. The van der Waals surface area contributed by atoms with Crippen LogP contribution in [0.3, 0.4) is 0 Å². The largest absolute Gasteiger partial charge is 0.435 e. The van der Waals surface area contributed by atoms with Crippen LogP contribution < -0.4 is 15.6 Å². The minimum absolute atomic E-state index is 0.0125. The molecule has 0 fully saturated rings. The van der Waals surface area contributed by atoms with Gasteiger partial charge in [-0.1, -0.05) is 34.5 Å². The van der Waals surface area contributed by atoms with Crippen LogP contribution in [0.25, 0.3) is 0 Å². The summed E-state index contributed by atoms with van der Waals surface area (Å²) in [5.74, 6) is -2.67. The molecule has 0 saturated heterocycles. The van der Waals surface area contributed by atoms with Crippen molar-refractivity contribution in [2.24, 2.45) is 5.10 Å². The fourth-order valence-corrected chi connectivity index (χ4v) is 4.51. The number of urea groups is 1. The average Bonchev–Trinajstić information content (AvgIpc) is 3.33. The monoisotopic (exact) mass is 679 g/mol. The lowest BCUT2D eigenvalue weighted by molar-refractivity contribution is -0.143. The van der Waals surface area contributed by atoms with Gasteiger partial charge in [0.15, 0.2) is 10.8 Å². The Kier molecular flexibility index (Phi) is 9.67. The summed E-state index contributed by atoms with van der Waals surface area (Å²) in [6.07, 6.45) is -15.3. The maximum atomic E-state index is 13.6. The smallest absolute Gasteiger partial charge is 0.273 e. The number of anilines is 1. The number of rotatable bonds is 5. The number of hydrogen-bond acceptors (Lipinski definition) is 6. The van der Waals surface area contributed by atoms with Gasteiger partial charge in [-0.05, 0) is 42.0 Å². The van der Waals surface area contributed by atoms with Crippen LogP contribution in [-0.2, 0) is 18.5 Å². The number of amides is 4. The molecule has 0 unspecified atom stereocenters. The molecule has 0 aliphatic carbocycles. The number of thiazole rings is 1. The molecule has 1 heterocycles. The third kappa shape index (κ3) is 8.35. The second-order valence-electron chi connectivity index (χ2n) is 8.15. The number of benzene rings is 2. The van der Waals surface area contributed by atoms with Crippen LogP contribution in [-0.4, -0.2) is 36.1 Å². The number of hydrogen-bond donors (Lipinski definition) is 2. The maximum absolute atomic E-state index is 13.6. The molecule has 2 aromatic carbocycles. The Bertz CT molecular complexity index is 1570. The van der Waals surface area contributed by atoms with Gasteiger partial charge in [-0.2, -0.15) is 44.6 Å². The molecular weight excluding hydrogens is 668 g/mol. The van der Waals surface area contributed by atoms with E-state index in [1.807, 2.05) is 5.32 Å². The molecule has 0 bridgehead atoms. The highest BCUT2D eigenvalue weighted by molar-refractivity contribution is 7.17. The van der Waals surface area contributed by atoms with Crippen LogP contribution in [0, 0.1) is 0 Å². The summed E-state index contributed by atoms with van der Waals surface area (Å²) in [6, 6.07) is 2.74. The average molecular weight is 680 g/mol. The predicted molar refractivity (Wildman–Crippen MR) is 136 cm³/mol. The van der Waals surface area contributed by atoms with Crippen molar-refractivity contribution >= 4 is 63.7 Å². The summed E-state index contributed by atoms with van der Waals surface area (Å²) in [5, 5.41) is 4.30. The Morgan fingerprint density at radius 1 is 0.884 bits per heavy atom. The molecule has 230 valence electrons. The van der Waals surface area contributed by atoms with E-state index in [4.69, 9.17) is 23.2 Å². The molecule has 43 heavy (non-hydrogen) atoms. The maximum Gasteiger partial charge on any atom is 0.435 e. The summed E-state index contributed by atoms with van der Waals surface area (Å²) in [6.45, 7) is 0. The topological polar surface area (TPSA) is 104 Å². The molecule has 0 spiro atoms. The van der Waals surface area contributed by atoms with Crippen molar-refractivity contribution in [3.8, 4) is 0 Å². The van der Waals surface area contributed by atoms with E-state index >= 15 is 0 Å². The van der Waals surface area contributed by atoms with Crippen molar-refractivity contribution in [2.45, 2.75) is 18.5 Å². The number of alkyl halides is 9. The molecule has 4 amide bonds. The van der Waals surface area contributed by atoms with E-state index in [0.29, 0.717) is 11.1 Å². The summed E-state index contributed by atoms with van der Waals surface area (Å²) in [4.78, 5) is 39.8. The van der Waals surface area contributed by atoms with Gasteiger partial charge >= 0.3 is 24.6 Å². The SMILES string of the molecule is CN(C(=O)NC(=O)c1ccc(Cl)cc1Cl)c1nc(C(F)(F)F)c(C(=O)N/N=C/c2cc(C(F)(F)F)cc(C(F)(F)F)c2)s1. The molecule has 2 N–H and O–H groups in total. The number of halogens is 11. The van der Waals surface area contributed by atoms with Gasteiger partial charge < -0.3 is 0 Å². The summed E-state index contributed by atoms with van der Waals surface area (Å²) in [5.41, 5.74) is -4.62. The van der Waals surface area contributed by atoms with E-state index in [1.54, 1.807) is 5.43 Å². The molecule has 3 aromatic rings. The fourth-order valence-electron chi connectivity index (χ4n) is 3.08. The van der Waals surface area contributed by atoms with E-state index in [2.05, 4.69) is 10.1 Å². The Labute approximate surface area is 248 Å². The molecule has 0 saturated carbocycles. The Morgan fingerprint density at radius 2 is 1.47 bits per heavy atom. The van der Waals surface area contributed by atoms with Gasteiger partial charge in [-0.15, -0.1) is 0 Å². The van der Waals surface area contributed by atoms with E-state index in [-0.39, 0.29) is 45.1 Å². The third-order valence-electron chi connectivity index (χ3n) is 5.07. The molecule has 0 aliphatic rings. The first-order valence-corrected chi connectivity index (χ1v) is 12.5. The zero-order valence-electron chi connectivity index (χ0n) is 20.7. The molecule has 8 nitrogen and oxygen atoms in total. The van der Waals surface area contributed by atoms with Crippen molar-refractivity contribution in [1.82, 2.24) is 15.7 Å². The first-order chi connectivity index (χ1) is 19.7. The van der Waals surface area contributed by atoms with Crippen LogP contribution in [0.5, 0.6) is 0 Å². The highest BCUT2D eigenvalue weighted by Crippen LogP contribution is 2.38. The van der Waals surface area contributed by atoms with Crippen molar-refractivity contribution in [1.29, 1.82) is 0 Å². The lowest BCUT2D eigenvalue weighted by Crippen LogP contribution is -2.41. The normalized spacial score (nSPS) is 12.4. The Morgan fingerprint density at radius 3 is 1.98 bits per heavy atom. The van der Waals surface area contributed by atoms with Crippen LogP contribution in [0.4, 0.5) is 49.4 Å². The van der Waals surface area contributed by atoms with Gasteiger partial charge in [-0.25, -0.2) is 15.2 Å². The number of nitrogens with one attached hydrogen (secondary N) is 2. The van der Waals surface area contributed by atoms with Crippen LogP contribution in [0.1, 0.15) is 42.4 Å². The second-order valence-corrected chi connectivity index (χ2v) is 9.97. The quantitative estimate of drug-likeness (QED) is 0.168. The first kappa shape index (κ1) is 33.6. The number of carbonyl (C=O) groups excluding carboxylic acids is 3. The van der Waals surface area contributed by atoms with Gasteiger partial charge in [0.05, 0.1) is 27.9 Å². The summed E-state index contributed by atoms with van der Waals surface area (Å²) < 4.78 is 119. The highest BCUT2D eigenvalue weighted by Gasteiger charge is 2.41. The lowest BCUT2D eigenvalue weighted by Gasteiger charge is -2.14. The lowest BCUT2D eigenvalue weighted by atomic mass is 10.1. The minimum atomic E-state index is -5.27. The van der Waals surface area contributed by atoms with Gasteiger partial charge in [0.25, 0.3) is 11.8 Å². The summed E-state index contributed by atoms with van der Waals surface area (Å²) >= 11 is 11.6. The zero-order valence-corrected chi connectivity index (χ0v) is 23.0. The van der Waals surface area contributed by atoms with Crippen LogP contribution in [0.15, 0.2) is 41.5 Å². The standard InChI is InChI=1S/C23H12Cl2F9N5O3S/c1-39(19(42)37-17(40)13-3-2-12(24)7-14(13)25)20-36-16(23(32,33)34)15(43-20)18(41)38-35-8-9-4-10(21(26,27)28)6-11(5-9)22(29,30)31/h2-8H,1H3,(H,38,41)(H,37,40,42)/b35-8+. The molecule has 20 heteroatoms. The minimum Gasteiger partial charge on any atom is -0.273 e. The fraction of sp³-hybridized carbons (Fsp3) is 0.174. The Balaban J connectivity index is 1.84. The van der Waals surface area contributed by atoms with E-state index in [1.165, 1.54) is 18.2 Å². The molecule has 0 radical (unpaired) electrons. The van der Waals surface area contributed by atoms with Crippen molar-refractivity contribution < 1.29 is 53.9 Å². The third-order valence-corrected chi connectivity index (χ3v) is 6.75. The molecule has 3 rings (SSSR count). The van der Waals surface area contributed by atoms with Gasteiger partial charge in [-0.3, -0.25) is 19.8 Å². The number of hydrazone groups is 1. The van der Waals surface area contributed by atoms with Crippen molar-refractivity contribution in [3.05, 3.63) is 79.3 Å². The molecule has 0 atom stereocenters. The van der Waals surface area contributed by atoms with Gasteiger partial charge in [0.2, 0.25) is 0 Å². The number of aromatic nitrogens is 1. The van der Waals surface area contributed by atoms with Crippen molar-refractivity contribution in [2.75, 3.05) is 11.9 Å². The predicted octanol–water partition coefficient (Wildman–Crippen LogP) is 7.26. The van der Waals surface area contributed by atoms with Crippen LogP contribution in [0.2, 0.25) is 10.0 Å². The number of imide groups is 1. The first-order valence-electron chi connectivity index (χ1n) is 10.9. The Hall–Kier alpha value is -3.90. The van der Waals surface area contributed by atoms with Crippen molar-refractivity contribution in [3.63, 3.8) is 0 Å². The number of carbonyl (C=O) groups is 3. The molecule has 1 aromatic heterocycles. The van der Waals surface area contributed by atoms with Crippen LogP contribution >= 0.6 is 34.5 Å². The molecular formula is C23H12Cl2F9N5O3S. The van der Waals surface area contributed by atoms with Gasteiger partial charge in [0, 0.05) is 12.1 Å². The second kappa shape index (κ2) is 12.4. The van der Waals surface area contributed by atoms with E-state index in [0.717, 1.165) is 7.05 Å².